The minimum Gasteiger partial charge on any atom is -0.383 e. The molecule has 5 rings (SSSR count). The molecule has 2 aliphatic heterocycles. The van der Waals surface area contributed by atoms with Crippen molar-refractivity contribution in [2.75, 3.05) is 66.7 Å². The summed E-state index contributed by atoms with van der Waals surface area (Å²) in [6.45, 7) is 13.2. The average molecular weight is 608 g/mol. The number of rotatable bonds is 13. The number of halogens is 1. The number of nitrogens with zero attached hydrogens (tertiary/aromatic N) is 5. The molecule has 1 aromatic heterocycles. The molecule has 0 unspecified atom stereocenters. The maximum absolute atomic E-state index is 14.5. The van der Waals surface area contributed by atoms with Crippen molar-refractivity contribution in [3.63, 3.8) is 0 Å². The first kappa shape index (κ1) is 32.5. The zero-order chi connectivity index (χ0) is 31.4. The number of carbonyl (C=O) groups is 1. The van der Waals surface area contributed by atoms with E-state index in [1.165, 1.54) is 30.5 Å². The Morgan fingerprint density at radius 2 is 1.95 bits per heavy atom. The zero-order valence-corrected chi connectivity index (χ0v) is 27.4. The number of amides is 1. The van der Waals surface area contributed by atoms with Crippen molar-refractivity contribution in [1.29, 1.82) is 0 Å². The molecule has 0 bridgehead atoms. The Morgan fingerprint density at radius 3 is 2.68 bits per heavy atom. The normalized spacial score (nSPS) is 18.8. The van der Waals surface area contributed by atoms with Crippen molar-refractivity contribution >= 4 is 16.8 Å². The summed E-state index contributed by atoms with van der Waals surface area (Å²) in [5, 5.41) is 5.62. The minimum absolute atomic E-state index is 0.0623. The van der Waals surface area contributed by atoms with Gasteiger partial charge in [-0.1, -0.05) is 32.0 Å². The number of ether oxygens (including phenoxy) is 2. The number of carbonyl (C=O) groups excluding carboxylic acids is 1. The van der Waals surface area contributed by atoms with Gasteiger partial charge in [0.15, 0.2) is 0 Å². The van der Waals surface area contributed by atoms with Crippen LogP contribution in [0.3, 0.4) is 0 Å². The molecule has 3 aromatic rings. The van der Waals surface area contributed by atoms with E-state index in [0.29, 0.717) is 43.2 Å². The molecule has 0 spiro atoms. The number of hydrogen-bond acceptors (Lipinski definition) is 6. The summed E-state index contributed by atoms with van der Waals surface area (Å²) in [6.07, 6.45) is 5.27. The van der Waals surface area contributed by atoms with Gasteiger partial charge in [0, 0.05) is 51.8 Å². The first-order valence-corrected chi connectivity index (χ1v) is 16.2. The summed E-state index contributed by atoms with van der Waals surface area (Å²) < 4.78 is 27.2. The molecule has 44 heavy (non-hydrogen) atoms. The molecule has 0 aliphatic carbocycles. The van der Waals surface area contributed by atoms with Crippen molar-refractivity contribution < 1.29 is 18.7 Å². The average Bonchev–Trinajstić information content (AvgIpc) is 3.38. The van der Waals surface area contributed by atoms with Crippen molar-refractivity contribution in [2.45, 2.75) is 52.1 Å². The second kappa shape index (κ2) is 14.5. The van der Waals surface area contributed by atoms with Gasteiger partial charge in [-0.2, -0.15) is 5.10 Å². The molecule has 9 heteroatoms. The highest BCUT2D eigenvalue weighted by atomic mass is 19.1. The topological polar surface area (TPSA) is 63.1 Å². The first-order chi connectivity index (χ1) is 21.2. The minimum atomic E-state index is -0.413. The highest BCUT2D eigenvalue weighted by molar-refractivity contribution is 6.06. The molecule has 2 fully saturated rings. The van der Waals surface area contributed by atoms with Crippen LogP contribution < -0.4 is 0 Å². The lowest BCUT2D eigenvalue weighted by atomic mass is 9.85. The van der Waals surface area contributed by atoms with Crippen LogP contribution in [0.1, 0.15) is 49.5 Å². The van der Waals surface area contributed by atoms with E-state index in [1.807, 2.05) is 24.9 Å². The maximum Gasteiger partial charge on any atom is 0.254 e. The second-order valence-corrected chi connectivity index (χ2v) is 13.2. The van der Waals surface area contributed by atoms with Gasteiger partial charge in [0.25, 0.3) is 5.91 Å². The van der Waals surface area contributed by atoms with Crippen LogP contribution in [-0.2, 0) is 22.9 Å². The van der Waals surface area contributed by atoms with Crippen LogP contribution in [0.4, 0.5) is 4.39 Å². The summed E-state index contributed by atoms with van der Waals surface area (Å²) in [4.78, 5) is 20.5. The van der Waals surface area contributed by atoms with Gasteiger partial charge in [-0.3, -0.25) is 14.4 Å². The van der Waals surface area contributed by atoms with Crippen LogP contribution >= 0.6 is 0 Å². The van der Waals surface area contributed by atoms with E-state index in [4.69, 9.17) is 9.47 Å². The van der Waals surface area contributed by atoms with Crippen LogP contribution in [0, 0.1) is 17.7 Å². The van der Waals surface area contributed by atoms with E-state index in [-0.39, 0.29) is 11.9 Å². The predicted molar refractivity (Wildman–Crippen MR) is 173 cm³/mol. The van der Waals surface area contributed by atoms with E-state index >= 15 is 0 Å². The third-order valence-electron chi connectivity index (χ3n) is 9.56. The number of aromatic nitrogens is 2. The van der Waals surface area contributed by atoms with Gasteiger partial charge in [-0.25, -0.2) is 4.39 Å². The van der Waals surface area contributed by atoms with Crippen LogP contribution in [0.15, 0.2) is 36.5 Å². The molecule has 2 aromatic carbocycles. The van der Waals surface area contributed by atoms with Crippen molar-refractivity contribution in [3.05, 3.63) is 53.5 Å². The van der Waals surface area contributed by atoms with E-state index in [0.717, 1.165) is 61.2 Å². The molecule has 2 saturated heterocycles. The number of morpholine rings is 1. The summed E-state index contributed by atoms with van der Waals surface area (Å²) in [5.74, 6) is 0.642. The lowest BCUT2D eigenvalue weighted by Gasteiger charge is -2.46. The third kappa shape index (κ3) is 7.17. The van der Waals surface area contributed by atoms with Crippen LogP contribution in [0.5, 0.6) is 0 Å². The van der Waals surface area contributed by atoms with Crippen molar-refractivity contribution in [1.82, 2.24) is 24.5 Å². The summed E-state index contributed by atoms with van der Waals surface area (Å²) >= 11 is 0. The van der Waals surface area contributed by atoms with E-state index < -0.39 is 5.82 Å². The number of fused-ring (bicyclic) bond motifs is 1. The van der Waals surface area contributed by atoms with Gasteiger partial charge in [0.1, 0.15) is 5.82 Å². The monoisotopic (exact) mass is 607 g/mol. The Hall–Kier alpha value is -2.85. The van der Waals surface area contributed by atoms with Crippen LogP contribution in [0.2, 0.25) is 0 Å². The molecule has 2 atom stereocenters. The van der Waals surface area contributed by atoms with Gasteiger partial charge < -0.3 is 19.3 Å². The Balaban J connectivity index is 1.31. The Morgan fingerprint density at radius 1 is 1.18 bits per heavy atom. The van der Waals surface area contributed by atoms with Crippen LogP contribution in [-0.4, -0.2) is 109 Å². The predicted octanol–water partition coefficient (Wildman–Crippen LogP) is 5.10. The molecule has 0 N–H and O–H groups in total. The Kier molecular flexibility index (Phi) is 10.7. The van der Waals surface area contributed by atoms with Gasteiger partial charge >= 0.3 is 0 Å². The van der Waals surface area contributed by atoms with Crippen molar-refractivity contribution in [3.8, 4) is 11.1 Å². The summed E-state index contributed by atoms with van der Waals surface area (Å²) in [6, 6.07) is 9.38. The lowest BCUT2D eigenvalue weighted by molar-refractivity contribution is 0.00361. The molecule has 3 heterocycles. The first-order valence-electron chi connectivity index (χ1n) is 16.2. The summed E-state index contributed by atoms with van der Waals surface area (Å²) in [5.41, 5.74) is 4.39. The molecule has 1 amide bonds. The SMILES string of the molecule is COCCN(C)CCC[C@H](C(C)C)N1CC(Cc2ccc(-c3ccc(F)cc3C(=O)N3CCOC[C@H]3C)c3cnn(C)c23)C1. The molecule has 8 nitrogen and oxygen atoms in total. The number of methoxy groups -OCH3 is 1. The molecular weight excluding hydrogens is 557 g/mol. The summed E-state index contributed by atoms with van der Waals surface area (Å²) in [7, 11) is 5.91. The number of likely N-dealkylation sites (N-methyl/N-ethyl adjacent to an activating group) is 1. The highest BCUT2D eigenvalue weighted by Gasteiger charge is 2.34. The number of hydrogen-bond donors (Lipinski definition) is 0. The van der Waals surface area contributed by atoms with Crippen molar-refractivity contribution in [2.24, 2.45) is 18.9 Å². The molecule has 240 valence electrons. The smallest absolute Gasteiger partial charge is 0.254 e. The molecule has 2 aliphatic rings. The second-order valence-electron chi connectivity index (χ2n) is 13.2. The van der Waals surface area contributed by atoms with Gasteiger partial charge in [0.2, 0.25) is 0 Å². The van der Waals surface area contributed by atoms with Gasteiger partial charge in [0.05, 0.1) is 43.1 Å². The quantitative estimate of drug-likeness (QED) is 0.270. The van der Waals surface area contributed by atoms with E-state index in [1.54, 1.807) is 18.1 Å². The fraction of sp³-hybridized carbons (Fsp3) is 0.600. The fourth-order valence-corrected chi connectivity index (χ4v) is 7.07. The zero-order valence-electron chi connectivity index (χ0n) is 27.4. The maximum atomic E-state index is 14.5. The molecular formula is C35H50FN5O3. The van der Waals surface area contributed by atoms with Gasteiger partial charge in [-0.05, 0) is 80.4 Å². The van der Waals surface area contributed by atoms with E-state index in [2.05, 4.69) is 47.9 Å². The Labute approximate surface area is 262 Å². The third-order valence-corrected chi connectivity index (χ3v) is 9.56. The Bertz CT molecular complexity index is 1420. The van der Waals surface area contributed by atoms with Crippen LogP contribution in [0.25, 0.3) is 22.0 Å². The number of aryl methyl sites for hydroxylation is 1. The largest absolute Gasteiger partial charge is 0.383 e. The lowest BCUT2D eigenvalue weighted by Crippen LogP contribution is -2.54. The number of likely N-dealkylation sites (tertiary alicyclic amines) is 1. The molecule has 0 saturated carbocycles. The number of benzene rings is 2. The van der Waals surface area contributed by atoms with E-state index in [9.17, 15) is 9.18 Å². The highest BCUT2D eigenvalue weighted by Crippen LogP contribution is 2.36. The van der Waals surface area contributed by atoms with Gasteiger partial charge in [-0.15, -0.1) is 0 Å². The standard InChI is InChI=1S/C35H50FN5O3/c1-24(2)33(8-7-13-38(4)14-16-43-6)40-21-26(22-40)18-27-9-11-30(32-20-37-39(5)34(27)32)29-12-10-28(36)19-31(29)35(42)41-15-17-44-23-25(41)3/h9-12,19-20,24-26,33H,7-8,13-18,21-23H2,1-6H3/t25-,33-/m1/s1. The fourth-order valence-electron chi connectivity index (χ4n) is 7.07. The molecule has 0 radical (unpaired) electrons.